The Hall–Kier alpha value is -1.01. The van der Waals surface area contributed by atoms with Gasteiger partial charge in [-0.15, -0.1) is 5.10 Å². The van der Waals surface area contributed by atoms with Gasteiger partial charge in [-0.3, -0.25) is 4.79 Å². The van der Waals surface area contributed by atoms with E-state index in [0.29, 0.717) is 11.4 Å². The highest BCUT2D eigenvalue weighted by Gasteiger charge is 2.42. The van der Waals surface area contributed by atoms with E-state index in [1.807, 2.05) is 13.8 Å². The zero-order chi connectivity index (χ0) is 12.5. The molecule has 1 aromatic heterocycles. The molecular formula is C11H17N3O2S. The van der Waals surface area contributed by atoms with Gasteiger partial charge in [0.2, 0.25) is 0 Å². The highest BCUT2D eigenvalue weighted by Crippen LogP contribution is 2.44. The summed E-state index contributed by atoms with van der Waals surface area (Å²) in [5.41, 5.74) is 0.688. The van der Waals surface area contributed by atoms with Crippen LogP contribution in [0.2, 0.25) is 0 Å². The molecule has 1 amide bonds. The average Bonchev–Trinajstić information content (AvgIpc) is 2.91. The zero-order valence-electron chi connectivity index (χ0n) is 10.1. The minimum atomic E-state index is -0.122. The van der Waals surface area contributed by atoms with Crippen molar-refractivity contribution in [2.75, 3.05) is 13.2 Å². The van der Waals surface area contributed by atoms with Crippen LogP contribution in [0.25, 0.3) is 0 Å². The summed E-state index contributed by atoms with van der Waals surface area (Å²) in [6.45, 7) is 4.66. The Morgan fingerprint density at radius 1 is 1.59 bits per heavy atom. The van der Waals surface area contributed by atoms with Crippen molar-refractivity contribution >= 4 is 17.4 Å². The topological polar surface area (TPSA) is 75.1 Å². The number of nitrogens with zero attached hydrogens (tertiary/aromatic N) is 2. The number of hydrogen-bond donors (Lipinski definition) is 2. The van der Waals surface area contributed by atoms with E-state index in [2.05, 4.69) is 14.9 Å². The van der Waals surface area contributed by atoms with E-state index in [-0.39, 0.29) is 23.8 Å². The number of hydrogen-bond acceptors (Lipinski definition) is 5. The largest absolute Gasteiger partial charge is 0.396 e. The van der Waals surface area contributed by atoms with Crippen molar-refractivity contribution in [2.45, 2.75) is 32.6 Å². The summed E-state index contributed by atoms with van der Waals surface area (Å²) in [5.74, 6) is 0.0747. The summed E-state index contributed by atoms with van der Waals surface area (Å²) in [4.78, 5) is 12.6. The molecule has 0 aromatic carbocycles. The molecule has 0 radical (unpaired) electrons. The van der Waals surface area contributed by atoms with E-state index in [4.69, 9.17) is 5.11 Å². The van der Waals surface area contributed by atoms with Crippen LogP contribution in [0.15, 0.2) is 0 Å². The van der Waals surface area contributed by atoms with Crippen molar-refractivity contribution in [1.29, 1.82) is 0 Å². The highest BCUT2D eigenvalue weighted by molar-refractivity contribution is 7.08. The van der Waals surface area contributed by atoms with E-state index >= 15 is 0 Å². The number of aliphatic hydroxyl groups is 1. The summed E-state index contributed by atoms with van der Waals surface area (Å²) in [6, 6.07) is 0. The lowest BCUT2D eigenvalue weighted by atomic mass is 10.1. The summed E-state index contributed by atoms with van der Waals surface area (Å²) in [5, 5.41) is 16.0. The molecule has 1 aliphatic carbocycles. The number of rotatable bonds is 5. The Morgan fingerprint density at radius 2 is 2.29 bits per heavy atom. The molecule has 0 spiro atoms. The van der Waals surface area contributed by atoms with Gasteiger partial charge >= 0.3 is 0 Å². The van der Waals surface area contributed by atoms with Gasteiger partial charge in [-0.05, 0) is 30.3 Å². The monoisotopic (exact) mass is 255 g/mol. The predicted octanol–water partition coefficient (Wildman–Crippen LogP) is 1.16. The SMILES string of the molecule is CC(C)c1nnsc1C(=O)NCC1(CO)CC1. The van der Waals surface area contributed by atoms with Gasteiger partial charge < -0.3 is 10.4 Å². The first-order chi connectivity index (χ1) is 8.08. The van der Waals surface area contributed by atoms with Gasteiger partial charge in [0.15, 0.2) is 0 Å². The maximum Gasteiger partial charge on any atom is 0.264 e. The van der Waals surface area contributed by atoms with Crippen molar-refractivity contribution in [3.63, 3.8) is 0 Å². The Labute approximate surface area is 104 Å². The van der Waals surface area contributed by atoms with Crippen LogP contribution < -0.4 is 5.32 Å². The molecule has 0 unspecified atom stereocenters. The van der Waals surface area contributed by atoms with Gasteiger partial charge in [-0.1, -0.05) is 18.3 Å². The molecule has 17 heavy (non-hydrogen) atoms. The van der Waals surface area contributed by atoms with Gasteiger partial charge in [-0.2, -0.15) is 0 Å². The number of aliphatic hydroxyl groups excluding tert-OH is 1. The van der Waals surface area contributed by atoms with Crippen molar-refractivity contribution in [1.82, 2.24) is 14.9 Å². The first-order valence-corrected chi connectivity index (χ1v) is 6.57. The van der Waals surface area contributed by atoms with Crippen molar-refractivity contribution in [3.8, 4) is 0 Å². The van der Waals surface area contributed by atoms with E-state index in [0.717, 1.165) is 30.1 Å². The third-order valence-electron chi connectivity index (χ3n) is 3.18. The number of carbonyl (C=O) groups is 1. The maximum absolute atomic E-state index is 12.0. The van der Waals surface area contributed by atoms with Crippen LogP contribution in [0.4, 0.5) is 0 Å². The van der Waals surface area contributed by atoms with Crippen LogP contribution in [0.1, 0.15) is 48.0 Å². The minimum Gasteiger partial charge on any atom is -0.396 e. The molecule has 5 nitrogen and oxygen atoms in total. The normalized spacial score (nSPS) is 17.2. The molecule has 1 saturated carbocycles. The second-order valence-electron chi connectivity index (χ2n) is 4.98. The summed E-state index contributed by atoms with van der Waals surface area (Å²) < 4.78 is 3.83. The van der Waals surface area contributed by atoms with Crippen molar-refractivity contribution in [3.05, 3.63) is 10.6 Å². The Morgan fingerprint density at radius 3 is 2.82 bits per heavy atom. The second-order valence-corrected chi connectivity index (χ2v) is 5.74. The summed E-state index contributed by atoms with van der Waals surface area (Å²) >= 11 is 1.13. The van der Waals surface area contributed by atoms with Crippen LogP contribution >= 0.6 is 11.5 Å². The minimum absolute atomic E-state index is 0.0637. The smallest absolute Gasteiger partial charge is 0.264 e. The fraction of sp³-hybridized carbons (Fsp3) is 0.727. The molecule has 2 N–H and O–H groups in total. The summed E-state index contributed by atoms with van der Waals surface area (Å²) in [6.07, 6.45) is 1.98. The third-order valence-corrected chi connectivity index (χ3v) is 3.92. The molecule has 2 rings (SSSR count). The fourth-order valence-corrected chi connectivity index (χ4v) is 2.38. The number of amides is 1. The molecule has 6 heteroatoms. The van der Waals surface area contributed by atoms with Crippen LogP contribution in [0.3, 0.4) is 0 Å². The standard InChI is InChI=1S/C11H17N3O2S/c1-7(2)8-9(17-14-13-8)10(16)12-5-11(6-15)3-4-11/h7,15H,3-6H2,1-2H3,(H,12,16). The van der Waals surface area contributed by atoms with Gasteiger partial charge in [0.1, 0.15) is 4.88 Å². The van der Waals surface area contributed by atoms with Gasteiger partial charge in [0.25, 0.3) is 5.91 Å². The Balaban J connectivity index is 1.97. The molecule has 94 valence electrons. The lowest BCUT2D eigenvalue weighted by Crippen LogP contribution is -2.32. The Kier molecular flexibility index (Phi) is 3.44. The maximum atomic E-state index is 12.0. The van der Waals surface area contributed by atoms with E-state index in [1.54, 1.807) is 0 Å². The molecule has 0 atom stereocenters. The van der Waals surface area contributed by atoms with Crippen molar-refractivity contribution in [2.24, 2.45) is 5.41 Å². The lowest BCUT2D eigenvalue weighted by Gasteiger charge is -2.12. The van der Waals surface area contributed by atoms with Gasteiger partial charge in [0.05, 0.1) is 12.3 Å². The molecule has 1 aliphatic rings. The number of nitrogens with one attached hydrogen (secondary N) is 1. The second kappa shape index (κ2) is 4.70. The number of carbonyl (C=O) groups excluding carboxylic acids is 1. The third kappa shape index (κ3) is 2.63. The van der Waals surface area contributed by atoms with E-state index in [1.165, 1.54) is 0 Å². The first kappa shape index (κ1) is 12.4. The molecule has 0 aliphatic heterocycles. The summed E-state index contributed by atoms with van der Waals surface area (Å²) in [7, 11) is 0. The van der Waals surface area contributed by atoms with Gasteiger partial charge in [-0.25, -0.2) is 0 Å². The molecule has 1 aromatic rings. The van der Waals surface area contributed by atoms with Gasteiger partial charge in [0, 0.05) is 12.0 Å². The quantitative estimate of drug-likeness (QED) is 0.828. The van der Waals surface area contributed by atoms with Crippen LogP contribution in [0.5, 0.6) is 0 Å². The Bertz CT molecular complexity index is 413. The van der Waals surface area contributed by atoms with Crippen molar-refractivity contribution < 1.29 is 9.90 Å². The average molecular weight is 255 g/mol. The van der Waals surface area contributed by atoms with E-state index < -0.39 is 0 Å². The van der Waals surface area contributed by atoms with Crippen LogP contribution in [-0.2, 0) is 0 Å². The van der Waals surface area contributed by atoms with E-state index in [9.17, 15) is 4.79 Å². The number of aromatic nitrogens is 2. The molecule has 1 heterocycles. The molecule has 1 fully saturated rings. The fourth-order valence-electron chi connectivity index (χ4n) is 1.65. The van der Waals surface area contributed by atoms with Crippen LogP contribution in [0, 0.1) is 5.41 Å². The first-order valence-electron chi connectivity index (χ1n) is 5.79. The molecule has 0 saturated heterocycles. The highest BCUT2D eigenvalue weighted by atomic mass is 32.1. The lowest BCUT2D eigenvalue weighted by molar-refractivity contribution is 0.0938. The molecule has 0 bridgehead atoms. The predicted molar refractivity (Wildman–Crippen MR) is 65.1 cm³/mol. The molecular weight excluding hydrogens is 238 g/mol. The zero-order valence-corrected chi connectivity index (χ0v) is 10.9. The van der Waals surface area contributed by atoms with Crippen LogP contribution in [-0.4, -0.2) is 33.8 Å².